The van der Waals surface area contributed by atoms with Gasteiger partial charge in [0, 0.05) is 11.6 Å². The van der Waals surface area contributed by atoms with Crippen molar-refractivity contribution in [2.24, 2.45) is 0 Å². The fourth-order valence-corrected chi connectivity index (χ4v) is 2.19. The van der Waals surface area contributed by atoms with Gasteiger partial charge >= 0.3 is 5.69 Å². The molecule has 0 heterocycles. The van der Waals surface area contributed by atoms with Gasteiger partial charge < -0.3 is 19.5 Å². The Hall–Kier alpha value is -3.29. The minimum Gasteiger partial charge on any atom is -0.497 e. The molecule has 0 unspecified atom stereocenters. The second kappa shape index (κ2) is 9.26. The molecule has 0 saturated heterocycles. The summed E-state index contributed by atoms with van der Waals surface area (Å²) in [6, 6.07) is 11.2. The first-order valence-corrected chi connectivity index (χ1v) is 8.01. The van der Waals surface area contributed by atoms with E-state index in [1.54, 1.807) is 38.3 Å². The molecule has 0 radical (unpaired) electrons. The van der Waals surface area contributed by atoms with Gasteiger partial charge in [0.2, 0.25) is 0 Å². The van der Waals surface area contributed by atoms with Crippen LogP contribution < -0.4 is 19.5 Å². The van der Waals surface area contributed by atoms with Crippen LogP contribution in [0.4, 0.5) is 5.69 Å². The molecule has 138 valence electrons. The third kappa shape index (κ3) is 5.10. The fourth-order valence-electron chi connectivity index (χ4n) is 2.19. The molecule has 0 aromatic heterocycles. The van der Waals surface area contributed by atoms with Crippen LogP contribution >= 0.6 is 0 Å². The van der Waals surface area contributed by atoms with Crippen molar-refractivity contribution in [3.8, 4) is 17.2 Å². The third-order valence-corrected chi connectivity index (χ3v) is 3.43. The van der Waals surface area contributed by atoms with Crippen molar-refractivity contribution >= 4 is 11.6 Å². The molecule has 0 aliphatic carbocycles. The van der Waals surface area contributed by atoms with E-state index in [9.17, 15) is 14.9 Å². The lowest BCUT2D eigenvalue weighted by atomic mass is 10.1. The van der Waals surface area contributed by atoms with E-state index < -0.39 is 10.8 Å². The van der Waals surface area contributed by atoms with E-state index in [0.717, 1.165) is 5.75 Å². The maximum Gasteiger partial charge on any atom is 0.311 e. The van der Waals surface area contributed by atoms with Gasteiger partial charge in [-0.05, 0) is 43.3 Å². The molecule has 0 bridgehead atoms. The van der Waals surface area contributed by atoms with Crippen LogP contribution in [0.3, 0.4) is 0 Å². The summed E-state index contributed by atoms with van der Waals surface area (Å²) >= 11 is 0. The molecule has 8 heteroatoms. The third-order valence-electron chi connectivity index (χ3n) is 3.43. The summed E-state index contributed by atoms with van der Waals surface area (Å²) in [4.78, 5) is 22.7. The monoisotopic (exact) mass is 360 g/mol. The summed E-state index contributed by atoms with van der Waals surface area (Å²) in [6.07, 6.45) is 0. The SMILES string of the molecule is CCOc1ccc(C(=O)NCCOc2ccc(OC)cc2)cc1[N+](=O)[O-]. The molecule has 1 amide bonds. The van der Waals surface area contributed by atoms with E-state index in [1.165, 1.54) is 18.2 Å². The number of nitrogens with one attached hydrogen (secondary N) is 1. The van der Waals surface area contributed by atoms with Gasteiger partial charge in [-0.2, -0.15) is 0 Å². The summed E-state index contributed by atoms with van der Waals surface area (Å²) in [5.74, 6) is 1.09. The van der Waals surface area contributed by atoms with E-state index in [2.05, 4.69) is 5.32 Å². The smallest absolute Gasteiger partial charge is 0.311 e. The fraction of sp³-hybridized carbons (Fsp3) is 0.278. The van der Waals surface area contributed by atoms with Crippen molar-refractivity contribution in [1.82, 2.24) is 5.32 Å². The molecule has 2 rings (SSSR count). The molecule has 2 aromatic carbocycles. The Kier molecular flexibility index (Phi) is 6.78. The minimum atomic E-state index is -0.575. The van der Waals surface area contributed by atoms with Crippen molar-refractivity contribution < 1.29 is 23.9 Å². The van der Waals surface area contributed by atoms with Gasteiger partial charge in [0.05, 0.1) is 25.2 Å². The summed E-state index contributed by atoms with van der Waals surface area (Å²) in [5, 5.41) is 13.8. The Morgan fingerprint density at radius 1 is 1.12 bits per heavy atom. The highest BCUT2D eigenvalue weighted by Gasteiger charge is 2.18. The van der Waals surface area contributed by atoms with Gasteiger partial charge in [0.25, 0.3) is 5.91 Å². The molecule has 0 spiro atoms. The number of carbonyl (C=O) groups is 1. The largest absolute Gasteiger partial charge is 0.497 e. The number of methoxy groups -OCH3 is 1. The van der Waals surface area contributed by atoms with E-state index >= 15 is 0 Å². The Morgan fingerprint density at radius 3 is 2.42 bits per heavy atom. The first-order valence-electron chi connectivity index (χ1n) is 8.01. The number of nitro groups is 1. The summed E-state index contributed by atoms with van der Waals surface area (Å²) < 4.78 is 15.8. The lowest BCUT2D eigenvalue weighted by molar-refractivity contribution is -0.385. The first-order chi connectivity index (χ1) is 12.5. The molecule has 0 aliphatic rings. The minimum absolute atomic E-state index is 0.136. The highest BCUT2D eigenvalue weighted by Crippen LogP contribution is 2.27. The predicted molar refractivity (Wildman–Crippen MR) is 95.1 cm³/mol. The number of hydrogen-bond acceptors (Lipinski definition) is 6. The number of amides is 1. The molecule has 2 aromatic rings. The number of benzene rings is 2. The van der Waals surface area contributed by atoms with Gasteiger partial charge in [-0.1, -0.05) is 0 Å². The summed E-state index contributed by atoms with van der Waals surface area (Å²) in [6.45, 7) is 2.55. The quantitative estimate of drug-likeness (QED) is 0.419. The van der Waals surface area contributed by atoms with Gasteiger partial charge in [0.1, 0.15) is 18.1 Å². The highest BCUT2D eigenvalue weighted by atomic mass is 16.6. The van der Waals surface area contributed by atoms with Gasteiger partial charge in [0.15, 0.2) is 5.75 Å². The van der Waals surface area contributed by atoms with E-state index in [0.29, 0.717) is 12.4 Å². The second-order valence-corrected chi connectivity index (χ2v) is 5.15. The zero-order valence-corrected chi connectivity index (χ0v) is 14.6. The van der Waals surface area contributed by atoms with Crippen LogP contribution in [0.25, 0.3) is 0 Å². The summed E-state index contributed by atoms with van der Waals surface area (Å²) in [5.41, 5.74) is -0.0569. The normalized spacial score (nSPS) is 10.1. The molecule has 26 heavy (non-hydrogen) atoms. The maximum absolute atomic E-state index is 12.1. The van der Waals surface area contributed by atoms with Crippen molar-refractivity contribution in [2.45, 2.75) is 6.92 Å². The number of ether oxygens (including phenoxy) is 3. The van der Waals surface area contributed by atoms with Crippen molar-refractivity contribution in [3.05, 3.63) is 58.1 Å². The average Bonchev–Trinajstić information content (AvgIpc) is 2.66. The molecular weight excluding hydrogens is 340 g/mol. The van der Waals surface area contributed by atoms with E-state index in [1.807, 2.05) is 0 Å². The summed E-state index contributed by atoms with van der Waals surface area (Å²) in [7, 11) is 1.58. The van der Waals surface area contributed by atoms with Gasteiger partial charge in [-0.25, -0.2) is 0 Å². The van der Waals surface area contributed by atoms with Crippen LogP contribution in [0.2, 0.25) is 0 Å². The number of carbonyl (C=O) groups excluding carboxylic acids is 1. The Bertz CT molecular complexity index is 761. The van der Waals surface area contributed by atoms with E-state index in [4.69, 9.17) is 14.2 Å². The van der Waals surface area contributed by atoms with Crippen LogP contribution in [0, 0.1) is 10.1 Å². The van der Waals surface area contributed by atoms with Crippen LogP contribution in [0.15, 0.2) is 42.5 Å². The van der Waals surface area contributed by atoms with Crippen LogP contribution in [-0.4, -0.2) is 37.7 Å². The molecule has 0 saturated carbocycles. The average molecular weight is 360 g/mol. The topological polar surface area (TPSA) is 99.9 Å². The Balaban J connectivity index is 1.88. The second-order valence-electron chi connectivity index (χ2n) is 5.15. The number of nitro benzene ring substituents is 1. The van der Waals surface area contributed by atoms with E-state index in [-0.39, 0.29) is 30.2 Å². The van der Waals surface area contributed by atoms with Crippen LogP contribution in [0.1, 0.15) is 17.3 Å². The zero-order valence-electron chi connectivity index (χ0n) is 14.6. The predicted octanol–water partition coefficient (Wildman–Crippen LogP) is 2.81. The Morgan fingerprint density at radius 2 is 1.81 bits per heavy atom. The lowest BCUT2D eigenvalue weighted by Crippen LogP contribution is -2.28. The maximum atomic E-state index is 12.1. The number of nitrogens with zero attached hydrogens (tertiary/aromatic N) is 1. The van der Waals surface area contributed by atoms with Gasteiger partial charge in [-0.3, -0.25) is 14.9 Å². The lowest BCUT2D eigenvalue weighted by Gasteiger charge is -2.09. The zero-order chi connectivity index (χ0) is 18.9. The van der Waals surface area contributed by atoms with Gasteiger partial charge in [-0.15, -0.1) is 0 Å². The van der Waals surface area contributed by atoms with Crippen molar-refractivity contribution in [1.29, 1.82) is 0 Å². The molecule has 1 N–H and O–H groups in total. The highest BCUT2D eigenvalue weighted by molar-refractivity contribution is 5.95. The Labute approximate surface area is 150 Å². The van der Waals surface area contributed by atoms with Crippen LogP contribution in [-0.2, 0) is 0 Å². The van der Waals surface area contributed by atoms with Crippen molar-refractivity contribution in [3.63, 3.8) is 0 Å². The van der Waals surface area contributed by atoms with Crippen LogP contribution in [0.5, 0.6) is 17.2 Å². The molecular formula is C18H20N2O6. The molecule has 0 atom stereocenters. The molecule has 0 aliphatic heterocycles. The number of rotatable bonds is 9. The number of hydrogen-bond donors (Lipinski definition) is 1. The molecule has 8 nitrogen and oxygen atoms in total. The molecule has 0 fully saturated rings. The standard InChI is InChI=1S/C18H20N2O6/c1-3-25-17-9-4-13(12-16(17)20(22)23)18(21)19-10-11-26-15-7-5-14(24-2)6-8-15/h4-9,12H,3,10-11H2,1-2H3,(H,19,21). The first kappa shape index (κ1) is 19.0. The van der Waals surface area contributed by atoms with Crippen molar-refractivity contribution in [2.75, 3.05) is 26.9 Å².